The topological polar surface area (TPSA) is 106 Å². The Hall–Kier alpha value is -4.01. The molecule has 0 bridgehead atoms. The lowest BCUT2D eigenvalue weighted by Crippen LogP contribution is -2.34. The lowest BCUT2D eigenvalue weighted by Gasteiger charge is -2.26. The fourth-order valence-corrected chi connectivity index (χ4v) is 5.51. The van der Waals surface area contributed by atoms with Gasteiger partial charge in [-0.2, -0.15) is 0 Å². The zero-order chi connectivity index (χ0) is 26.1. The Morgan fingerprint density at radius 3 is 2.73 bits per heavy atom. The van der Waals surface area contributed by atoms with Crippen LogP contribution in [0.25, 0.3) is 27.9 Å². The van der Waals surface area contributed by atoms with E-state index in [1.54, 1.807) is 12.1 Å². The van der Waals surface area contributed by atoms with Crippen LogP contribution < -0.4 is 11.1 Å². The standard InChI is InChI=1S/C28H31FN6O2/c1-3-22(36)31-15-17-6-11-20(21(29)14-17)25-23(24-26(30)32-16-33-27(24)34(25)2)18-7-9-19(10-8-18)28(37)35-12-4-5-13-35/h3,6-7,11,14,16,19H,1,4-5,8-10,12-13,15H2,2H3,(H,31,36)(H2,30,32,33)/t19-/m1/s1. The van der Waals surface area contributed by atoms with Crippen LogP contribution in [0.4, 0.5) is 10.2 Å². The Balaban J connectivity index is 1.54. The molecule has 2 aliphatic rings. The van der Waals surface area contributed by atoms with Gasteiger partial charge in [-0.25, -0.2) is 14.4 Å². The number of nitrogens with two attached hydrogens (primary N) is 1. The molecule has 2 aromatic heterocycles. The minimum absolute atomic E-state index is 0.0318. The predicted molar refractivity (Wildman–Crippen MR) is 141 cm³/mol. The van der Waals surface area contributed by atoms with Gasteiger partial charge in [-0.05, 0) is 61.4 Å². The molecule has 1 saturated heterocycles. The highest BCUT2D eigenvalue weighted by Crippen LogP contribution is 2.43. The third-order valence-corrected chi connectivity index (χ3v) is 7.44. The van der Waals surface area contributed by atoms with E-state index in [1.165, 1.54) is 18.5 Å². The van der Waals surface area contributed by atoms with E-state index in [0.29, 0.717) is 46.5 Å². The number of halogens is 1. The number of rotatable bonds is 6. The van der Waals surface area contributed by atoms with Gasteiger partial charge in [0.05, 0.1) is 11.1 Å². The second-order valence-corrected chi connectivity index (χ2v) is 9.71. The summed E-state index contributed by atoms with van der Waals surface area (Å²) in [5, 5.41) is 3.36. The lowest BCUT2D eigenvalue weighted by molar-refractivity contribution is -0.134. The fraction of sp³-hybridized carbons (Fsp3) is 0.357. The quantitative estimate of drug-likeness (QED) is 0.496. The highest BCUT2D eigenvalue weighted by atomic mass is 19.1. The van der Waals surface area contributed by atoms with E-state index in [-0.39, 0.29) is 24.3 Å². The summed E-state index contributed by atoms with van der Waals surface area (Å²) in [4.78, 5) is 35.1. The smallest absolute Gasteiger partial charge is 0.243 e. The minimum Gasteiger partial charge on any atom is -0.383 e. The molecule has 3 heterocycles. The van der Waals surface area contributed by atoms with Crippen molar-refractivity contribution in [1.29, 1.82) is 0 Å². The largest absolute Gasteiger partial charge is 0.383 e. The monoisotopic (exact) mass is 502 g/mol. The van der Waals surface area contributed by atoms with Crippen LogP contribution in [0.5, 0.6) is 0 Å². The van der Waals surface area contributed by atoms with Crippen LogP contribution >= 0.6 is 0 Å². The molecule has 0 radical (unpaired) electrons. The molecule has 8 nitrogen and oxygen atoms in total. The Morgan fingerprint density at radius 2 is 2.05 bits per heavy atom. The highest BCUT2D eigenvalue weighted by Gasteiger charge is 2.31. The number of fused-ring (bicyclic) bond motifs is 1. The third-order valence-electron chi connectivity index (χ3n) is 7.44. The number of anilines is 1. The molecule has 0 saturated carbocycles. The van der Waals surface area contributed by atoms with Crippen LogP contribution in [0, 0.1) is 11.7 Å². The molecule has 5 rings (SSSR count). The van der Waals surface area contributed by atoms with E-state index in [0.717, 1.165) is 43.5 Å². The van der Waals surface area contributed by atoms with Crippen molar-refractivity contribution < 1.29 is 14.0 Å². The molecule has 1 aliphatic heterocycles. The molecule has 9 heteroatoms. The summed E-state index contributed by atoms with van der Waals surface area (Å²) in [5.41, 5.74) is 10.5. The minimum atomic E-state index is -0.414. The maximum absolute atomic E-state index is 15.6. The normalized spacial score (nSPS) is 17.6. The van der Waals surface area contributed by atoms with Crippen molar-refractivity contribution in [3.05, 3.63) is 60.2 Å². The average Bonchev–Trinajstić information content (AvgIpc) is 3.55. The molecule has 0 unspecified atom stereocenters. The molecule has 1 atom stereocenters. The van der Waals surface area contributed by atoms with E-state index in [9.17, 15) is 9.59 Å². The summed E-state index contributed by atoms with van der Waals surface area (Å²) in [6.45, 7) is 5.32. The number of hydrogen-bond donors (Lipinski definition) is 2. The Bertz CT molecular complexity index is 1420. The summed E-state index contributed by atoms with van der Waals surface area (Å²) < 4.78 is 17.4. The average molecular weight is 503 g/mol. The van der Waals surface area contributed by atoms with Crippen LogP contribution in [0.1, 0.15) is 43.2 Å². The summed E-state index contributed by atoms with van der Waals surface area (Å²) in [7, 11) is 1.84. The molecule has 1 aliphatic carbocycles. The van der Waals surface area contributed by atoms with Crippen LogP contribution in [-0.4, -0.2) is 44.3 Å². The van der Waals surface area contributed by atoms with E-state index in [4.69, 9.17) is 5.73 Å². The van der Waals surface area contributed by atoms with Crippen molar-refractivity contribution in [2.75, 3.05) is 18.8 Å². The second-order valence-electron chi connectivity index (χ2n) is 9.71. The van der Waals surface area contributed by atoms with Crippen molar-refractivity contribution in [3.63, 3.8) is 0 Å². The molecule has 1 fully saturated rings. The van der Waals surface area contributed by atoms with Gasteiger partial charge >= 0.3 is 0 Å². The first kappa shape index (κ1) is 24.7. The SMILES string of the molecule is C=CC(=O)NCc1ccc(-c2c(C3=CC[C@@H](C(=O)N4CCCC4)CC3)c3c(N)ncnc3n2C)c(F)c1. The Morgan fingerprint density at radius 1 is 1.27 bits per heavy atom. The van der Waals surface area contributed by atoms with Crippen molar-refractivity contribution in [2.24, 2.45) is 13.0 Å². The van der Waals surface area contributed by atoms with E-state index in [2.05, 4.69) is 27.9 Å². The molecule has 3 aromatic rings. The zero-order valence-corrected chi connectivity index (χ0v) is 21.0. The van der Waals surface area contributed by atoms with Gasteiger partial charge < -0.3 is 20.5 Å². The fourth-order valence-electron chi connectivity index (χ4n) is 5.51. The number of aryl methyl sites for hydroxylation is 1. The van der Waals surface area contributed by atoms with E-state index in [1.807, 2.05) is 16.5 Å². The number of carbonyl (C=O) groups is 2. The molecule has 1 aromatic carbocycles. The second kappa shape index (κ2) is 10.2. The van der Waals surface area contributed by atoms with Gasteiger partial charge in [0.25, 0.3) is 0 Å². The van der Waals surface area contributed by atoms with Gasteiger partial charge in [-0.1, -0.05) is 18.7 Å². The number of nitrogens with one attached hydrogen (secondary N) is 1. The summed E-state index contributed by atoms with van der Waals surface area (Å²) >= 11 is 0. The number of nitrogens with zero attached hydrogens (tertiary/aromatic N) is 4. The van der Waals surface area contributed by atoms with Crippen molar-refractivity contribution in [3.8, 4) is 11.3 Å². The maximum atomic E-state index is 15.6. The third kappa shape index (κ3) is 4.61. The number of allylic oxidation sites excluding steroid dienone is 2. The molecule has 192 valence electrons. The number of hydrogen-bond acceptors (Lipinski definition) is 5. The number of amides is 2. The maximum Gasteiger partial charge on any atom is 0.243 e. The van der Waals surface area contributed by atoms with Crippen molar-refractivity contribution in [1.82, 2.24) is 24.8 Å². The zero-order valence-electron chi connectivity index (χ0n) is 21.0. The van der Waals surface area contributed by atoms with Gasteiger partial charge in [0, 0.05) is 43.7 Å². The van der Waals surface area contributed by atoms with Crippen LogP contribution in [-0.2, 0) is 23.2 Å². The first-order valence-corrected chi connectivity index (χ1v) is 12.6. The lowest BCUT2D eigenvalue weighted by atomic mass is 9.84. The van der Waals surface area contributed by atoms with E-state index >= 15 is 4.39 Å². The number of nitrogen functional groups attached to an aromatic ring is 1. The summed E-state index contributed by atoms with van der Waals surface area (Å²) in [6.07, 6.45) is 8.88. The number of benzene rings is 1. The number of aromatic nitrogens is 3. The van der Waals surface area contributed by atoms with Crippen LogP contribution in [0.3, 0.4) is 0 Å². The molecule has 37 heavy (non-hydrogen) atoms. The Kier molecular flexibility index (Phi) is 6.78. The van der Waals surface area contributed by atoms with Gasteiger partial charge in [0.15, 0.2) is 0 Å². The number of carbonyl (C=O) groups excluding carboxylic acids is 2. The molecule has 3 N–H and O–H groups in total. The van der Waals surface area contributed by atoms with Crippen molar-refractivity contribution in [2.45, 2.75) is 38.6 Å². The van der Waals surface area contributed by atoms with Gasteiger partial charge in [0.1, 0.15) is 23.6 Å². The van der Waals surface area contributed by atoms with Crippen molar-refractivity contribution >= 4 is 34.2 Å². The summed E-state index contributed by atoms with van der Waals surface area (Å²) in [6, 6.07) is 4.93. The first-order chi connectivity index (χ1) is 17.9. The van der Waals surface area contributed by atoms with Gasteiger partial charge in [-0.3, -0.25) is 9.59 Å². The number of likely N-dealkylation sites (tertiary alicyclic amines) is 1. The van der Waals surface area contributed by atoms with E-state index < -0.39 is 5.82 Å². The molecule has 2 amide bonds. The first-order valence-electron chi connectivity index (χ1n) is 12.6. The predicted octanol–water partition coefficient (Wildman–Crippen LogP) is 3.96. The highest BCUT2D eigenvalue weighted by molar-refractivity contribution is 6.04. The summed E-state index contributed by atoms with van der Waals surface area (Å²) in [5.74, 6) is -0.195. The Labute approximate surface area is 215 Å². The molecular formula is C28H31FN6O2. The molecular weight excluding hydrogens is 471 g/mol. The van der Waals surface area contributed by atoms with Crippen LogP contribution in [0.15, 0.2) is 43.3 Å². The van der Waals surface area contributed by atoms with Gasteiger partial charge in [0.2, 0.25) is 11.8 Å². The molecule has 0 spiro atoms. The van der Waals surface area contributed by atoms with Crippen LogP contribution in [0.2, 0.25) is 0 Å². The van der Waals surface area contributed by atoms with Gasteiger partial charge in [-0.15, -0.1) is 0 Å².